The van der Waals surface area contributed by atoms with Gasteiger partial charge < -0.3 is 4.74 Å². The molecule has 0 aliphatic heterocycles. The molecule has 0 atom stereocenters. The van der Waals surface area contributed by atoms with Crippen LogP contribution in [0.15, 0.2) is 18.2 Å². The highest BCUT2D eigenvalue weighted by atomic mass is 16.5. The molecule has 0 bridgehead atoms. The predicted molar refractivity (Wildman–Crippen MR) is 39.0 cm³/mol. The lowest BCUT2D eigenvalue weighted by Crippen LogP contribution is -2.06. The van der Waals surface area contributed by atoms with Crippen LogP contribution in [0.2, 0.25) is 0 Å². The molecule has 57 valence electrons. The Bertz CT molecular complexity index is 233. The maximum absolute atomic E-state index is 10.9. The minimum atomic E-state index is -0.399. The third kappa shape index (κ3) is 2.04. The van der Waals surface area contributed by atoms with Gasteiger partial charge in [-0.15, -0.1) is 0 Å². The van der Waals surface area contributed by atoms with Crippen LogP contribution in [0.1, 0.15) is 17.4 Å². The summed E-state index contributed by atoms with van der Waals surface area (Å²) in [6, 6.07) is 4.91. The van der Waals surface area contributed by atoms with Gasteiger partial charge in [0.2, 0.25) is 0 Å². The summed E-state index contributed by atoms with van der Waals surface area (Å²) in [6.45, 7) is 2.12. The highest BCUT2D eigenvalue weighted by molar-refractivity contribution is 5.86. The molecule has 0 fully saturated rings. The zero-order valence-electron chi connectivity index (χ0n) is 6.20. The molecule has 3 nitrogen and oxygen atoms in total. The van der Waals surface area contributed by atoms with Gasteiger partial charge in [0.25, 0.3) is 0 Å². The van der Waals surface area contributed by atoms with Crippen LogP contribution >= 0.6 is 0 Å². The van der Waals surface area contributed by atoms with E-state index in [1.807, 2.05) is 0 Å². The second-order valence-electron chi connectivity index (χ2n) is 1.87. The maximum atomic E-state index is 10.9. The molecule has 0 amide bonds. The Morgan fingerprint density at radius 1 is 1.82 bits per heavy atom. The molecule has 0 saturated heterocycles. The van der Waals surface area contributed by atoms with E-state index in [4.69, 9.17) is 4.74 Å². The molecular weight excluding hydrogens is 142 g/mol. The molecule has 0 aliphatic rings. The Labute approximate surface area is 65.0 Å². The van der Waals surface area contributed by atoms with Crippen molar-refractivity contribution in [3.8, 4) is 0 Å². The van der Waals surface area contributed by atoms with E-state index in [0.29, 0.717) is 12.3 Å². The molecular formula is C8H8NO2. The fourth-order valence-corrected chi connectivity index (χ4v) is 0.645. The molecule has 1 aromatic heterocycles. The van der Waals surface area contributed by atoms with Crippen LogP contribution in [0.5, 0.6) is 0 Å². The number of rotatable bonds is 2. The summed E-state index contributed by atoms with van der Waals surface area (Å²) in [4.78, 5) is 14.6. The minimum Gasteiger partial charge on any atom is -0.461 e. The summed E-state index contributed by atoms with van der Waals surface area (Å²) in [7, 11) is 0. The molecule has 1 heterocycles. The Hall–Kier alpha value is -1.38. The summed E-state index contributed by atoms with van der Waals surface area (Å²) in [5, 5.41) is 0. The fourth-order valence-electron chi connectivity index (χ4n) is 0.645. The van der Waals surface area contributed by atoms with E-state index in [1.165, 1.54) is 0 Å². The summed E-state index contributed by atoms with van der Waals surface area (Å²) < 4.78 is 4.71. The standard InChI is InChI=1S/C8H8NO2/c1-2-11-8(10)7-5-3-4-6-9-7/h3-5H,2H2,1H3. The Morgan fingerprint density at radius 2 is 2.64 bits per heavy atom. The van der Waals surface area contributed by atoms with E-state index in [2.05, 4.69) is 11.2 Å². The molecule has 0 aliphatic carbocycles. The smallest absolute Gasteiger partial charge is 0.356 e. The van der Waals surface area contributed by atoms with Crippen molar-refractivity contribution in [2.75, 3.05) is 6.61 Å². The van der Waals surface area contributed by atoms with Crippen LogP contribution < -0.4 is 0 Å². The number of carbonyl (C=O) groups excluding carboxylic acids is 1. The van der Waals surface area contributed by atoms with E-state index in [-0.39, 0.29) is 0 Å². The van der Waals surface area contributed by atoms with Crippen molar-refractivity contribution in [3.05, 3.63) is 30.1 Å². The van der Waals surface area contributed by atoms with Crippen LogP contribution in [0.25, 0.3) is 0 Å². The average molecular weight is 150 g/mol. The van der Waals surface area contributed by atoms with Gasteiger partial charge in [0.05, 0.1) is 12.8 Å². The number of hydrogen-bond acceptors (Lipinski definition) is 3. The lowest BCUT2D eigenvalue weighted by Gasteiger charge is -1.97. The predicted octanol–water partition coefficient (Wildman–Crippen LogP) is 1.06. The van der Waals surface area contributed by atoms with Gasteiger partial charge in [-0.2, -0.15) is 0 Å². The molecule has 0 saturated carbocycles. The molecule has 0 aromatic carbocycles. The van der Waals surface area contributed by atoms with Crippen LogP contribution in [0.4, 0.5) is 0 Å². The van der Waals surface area contributed by atoms with Gasteiger partial charge in [0, 0.05) is 0 Å². The molecule has 0 spiro atoms. The first-order chi connectivity index (χ1) is 5.34. The lowest BCUT2D eigenvalue weighted by molar-refractivity contribution is 0.0519. The van der Waals surface area contributed by atoms with Crippen molar-refractivity contribution >= 4 is 5.97 Å². The van der Waals surface area contributed by atoms with Crippen molar-refractivity contribution in [2.24, 2.45) is 0 Å². The van der Waals surface area contributed by atoms with Gasteiger partial charge >= 0.3 is 5.97 Å². The van der Waals surface area contributed by atoms with Gasteiger partial charge in [0.1, 0.15) is 5.69 Å². The number of esters is 1. The monoisotopic (exact) mass is 150 g/mol. The molecule has 3 heteroatoms. The SMILES string of the molecule is CCOC(=O)c1ccc[c]n1. The topological polar surface area (TPSA) is 39.2 Å². The highest BCUT2D eigenvalue weighted by Crippen LogP contribution is 1.95. The number of pyridine rings is 1. The molecule has 1 radical (unpaired) electrons. The Morgan fingerprint density at radius 3 is 3.18 bits per heavy atom. The Balaban J connectivity index is 2.69. The lowest BCUT2D eigenvalue weighted by atomic mass is 10.4. The Kier molecular flexibility index (Phi) is 2.60. The van der Waals surface area contributed by atoms with Gasteiger partial charge in [-0.25, -0.2) is 9.78 Å². The van der Waals surface area contributed by atoms with Crippen molar-refractivity contribution in [1.82, 2.24) is 4.98 Å². The van der Waals surface area contributed by atoms with Gasteiger partial charge in [-0.3, -0.25) is 0 Å². The number of nitrogens with zero attached hydrogens (tertiary/aromatic N) is 1. The third-order valence-corrected chi connectivity index (χ3v) is 1.09. The van der Waals surface area contributed by atoms with Crippen molar-refractivity contribution < 1.29 is 9.53 Å². The second-order valence-corrected chi connectivity index (χ2v) is 1.87. The van der Waals surface area contributed by atoms with E-state index in [0.717, 1.165) is 0 Å². The molecule has 0 N–H and O–H groups in total. The quantitative estimate of drug-likeness (QED) is 0.592. The number of aromatic nitrogens is 1. The summed E-state index contributed by atoms with van der Waals surface area (Å²) >= 11 is 0. The number of hydrogen-bond donors (Lipinski definition) is 0. The van der Waals surface area contributed by atoms with Crippen LogP contribution in [0, 0.1) is 6.20 Å². The minimum absolute atomic E-state index is 0.300. The number of ether oxygens (including phenoxy) is 1. The molecule has 11 heavy (non-hydrogen) atoms. The zero-order chi connectivity index (χ0) is 8.10. The van der Waals surface area contributed by atoms with E-state index in [1.54, 1.807) is 25.1 Å². The van der Waals surface area contributed by atoms with Crippen LogP contribution in [0.3, 0.4) is 0 Å². The van der Waals surface area contributed by atoms with Crippen molar-refractivity contribution in [1.29, 1.82) is 0 Å². The normalized spacial score (nSPS) is 9.18. The average Bonchev–Trinajstić information content (AvgIpc) is 2.07. The molecule has 0 unspecified atom stereocenters. The van der Waals surface area contributed by atoms with Crippen molar-refractivity contribution in [3.63, 3.8) is 0 Å². The second kappa shape index (κ2) is 3.71. The first kappa shape index (κ1) is 7.72. The maximum Gasteiger partial charge on any atom is 0.356 e. The van der Waals surface area contributed by atoms with Crippen molar-refractivity contribution in [2.45, 2.75) is 6.92 Å². The summed E-state index contributed by atoms with van der Waals surface area (Å²) in [6.07, 6.45) is 2.55. The largest absolute Gasteiger partial charge is 0.461 e. The van der Waals surface area contributed by atoms with E-state index in [9.17, 15) is 4.79 Å². The van der Waals surface area contributed by atoms with Crippen LogP contribution in [-0.2, 0) is 4.74 Å². The molecule has 1 aromatic rings. The van der Waals surface area contributed by atoms with Crippen LogP contribution in [-0.4, -0.2) is 17.6 Å². The first-order valence-corrected chi connectivity index (χ1v) is 3.35. The van der Waals surface area contributed by atoms with E-state index >= 15 is 0 Å². The first-order valence-electron chi connectivity index (χ1n) is 3.35. The summed E-state index contributed by atoms with van der Waals surface area (Å²) in [5.41, 5.74) is 0.300. The third-order valence-electron chi connectivity index (χ3n) is 1.09. The summed E-state index contributed by atoms with van der Waals surface area (Å²) in [5.74, 6) is -0.399. The highest BCUT2D eigenvalue weighted by Gasteiger charge is 2.04. The molecule has 1 rings (SSSR count). The van der Waals surface area contributed by atoms with Gasteiger partial charge in [-0.1, -0.05) is 6.07 Å². The number of carbonyl (C=O) groups is 1. The van der Waals surface area contributed by atoms with Gasteiger partial charge in [-0.05, 0) is 19.1 Å². The fraction of sp³-hybridized carbons (Fsp3) is 0.250. The van der Waals surface area contributed by atoms with E-state index < -0.39 is 5.97 Å². The zero-order valence-corrected chi connectivity index (χ0v) is 6.20. The van der Waals surface area contributed by atoms with Gasteiger partial charge in [0.15, 0.2) is 0 Å².